The summed E-state index contributed by atoms with van der Waals surface area (Å²) in [6.45, 7) is 0.522. The van der Waals surface area contributed by atoms with Gasteiger partial charge in [0.1, 0.15) is 0 Å². The lowest BCUT2D eigenvalue weighted by molar-refractivity contribution is 0.642. The Kier molecular flexibility index (Phi) is 3.57. The zero-order chi connectivity index (χ0) is 10.8. The van der Waals surface area contributed by atoms with E-state index in [0.29, 0.717) is 6.54 Å². The van der Waals surface area contributed by atoms with Crippen LogP contribution in [0.15, 0.2) is 33.0 Å². The van der Waals surface area contributed by atoms with Crippen LogP contribution in [-0.2, 0) is 6.54 Å². The molecule has 0 atom stereocenters. The first-order valence-electron chi connectivity index (χ1n) is 4.11. The van der Waals surface area contributed by atoms with Crippen LogP contribution < -0.4 is 5.56 Å². The SMILES string of the molecule is O=c1cc(I)cnn1Cc1sccc1Br. The molecule has 78 valence electrons. The molecular weight excluding hydrogens is 391 g/mol. The lowest BCUT2D eigenvalue weighted by Gasteiger charge is -2.02. The van der Waals surface area contributed by atoms with Crippen LogP contribution in [0.4, 0.5) is 0 Å². The predicted molar refractivity (Wildman–Crippen MR) is 72.3 cm³/mol. The van der Waals surface area contributed by atoms with Gasteiger partial charge in [-0.05, 0) is 50.0 Å². The van der Waals surface area contributed by atoms with Crippen molar-refractivity contribution in [1.82, 2.24) is 9.78 Å². The molecule has 0 bridgehead atoms. The summed E-state index contributed by atoms with van der Waals surface area (Å²) in [5, 5.41) is 6.06. The van der Waals surface area contributed by atoms with Gasteiger partial charge in [-0.15, -0.1) is 11.3 Å². The highest BCUT2D eigenvalue weighted by Crippen LogP contribution is 2.22. The van der Waals surface area contributed by atoms with Crippen LogP contribution in [0.3, 0.4) is 0 Å². The molecule has 0 aromatic carbocycles. The number of hydrogen-bond acceptors (Lipinski definition) is 3. The third-order valence-corrected chi connectivity index (χ3v) is 4.32. The van der Waals surface area contributed by atoms with E-state index in [1.54, 1.807) is 23.6 Å². The van der Waals surface area contributed by atoms with Crippen LogP contribution in [-0.4, -0.2) is 9.78 Å². The van der Waals surface area contributed by atoms with Crippen molar-refractivity contribution < 1.29 is 0 Å². The lowest BCUT2D eigenvalue weighted by atomic mass is 10.4. The summed E-state index contributed by atoms with van der Waals surface area (Å²) in [6.07, 6.45) is 1.68. The largest absolute Gasteiger partial charge is 0.268 e. The molecule has 2 aromatic rings. The van der Waals surface area contributed by atoms with Gasteiger partial charge < -0.3 is 0 Å². The molecule has 0 N–H and O–H groups in total. The fourth-order valence-electron chi connectivity index (χ4n) is 1.10. The van der Waals surface area contributed by atoms with Crippen molar-refractivity contribution >= 4 is 49.9 Å². The Bertz CT molecular complexity index is 537. The average molecular weight is 397 g/mol. The van der Waals surface area contributed by atoms with Gasteiger partial charge in [0, 0.05) is 19.0 Å². The Morgan fingerprint density at radius 3 is 3.00 bits per heavy atom. The fraction of sp³-hybridized carbons (Fsp3) is 0.111. The Hall–Kier alpha value is -0.210. The van der Waals surface area contributed by atoms with E-state index in [-0.39, 0.29) is 5.56 Å². The number of aromatic nitrogens is 2. The third kappa shape index (κ3) is 2.67. The van der Waals surface area contributed by atoms with E-state index in [1.807, 2.05) is 11.4 Å². The minimum absolute atomic E-state index is 0.0674. The Morgan fingerprint density at radius 1 is 1.60 bits per heavy atom. The average Bonchev–Trinajstić information content (AvgIpc) is 2.57. The van der Waals surface area contributed by atoms with Crippen molar-refractivity contribution in [2.24, 2.45) is 0 Å². The Morgan fingerprint density at radius 2 is 2.40 bits per heavy atom. The first-order valence-corrected chi connectivity index (χ1v) is 6.86. The van der Waals surface area contributed by atoms with Crippen LogP contribution in [0, 0.1) is 3.57 Å². The van der Waals surface area contributed by atoms with Crippen LogP contribution in [0.1, 0.15) is 4.88 Å². The summed E-state index contributed by atoms with van der Waals surface area (Å²) in [7, 11) is 0. The number of hydrogen-bond donors (Lipinski definition) is 0. The molecule has 0 saturated carbocycles. The summed E-state index contributed by atoms with van der Waals surface area (Å²) in [4.78, 5) is 12.7. The first kappa shape index (κ1) is 11.3. The van der Waals surface area contributed by atoms with Crippen LogP contribution in [0.5, 0.6) is 0 Å². The second kappa shape index (κ2) is 4.75. The molecule has 0 radical (unpaired) electrons. The maximum atomic E-state index is 11.6. The predicted octanol–water partition coefficient (Wildman–Crippen LogP) is 2.72. The van der Waals surface area contributed by atoms with E-state index < -0.39 is 0 Å². The van der Waals surface area contributed by atoms with Crippen molar-refractivity contribution in [2.45, 2.75) is 6.54 Å². The van der Waals surface area contributed by atoms with Crippen molar-refractivity contribution in [1.29, 1.82) is 0 Å². The lowest BCUT2D eigenvalue weighted by Crippen LogP contribution is -2.22. The summed E-state index contributed by atoms with van der Waals surface area (Å²) < 4.78 is 3.34. The van der Waals surface area contributed by atoms with Gasteiger partial charge in [-0.25, -0.2) is 4.68 Å². The number of rotatable bonds is 2. The summed E-state index contributed by atoms with van der Waals surface area (Å²) in [5.41, 5.74) is -0.0674. The van der Waals surface area contributed by atoms with Crippen molar-refractivity contribution in [3.8, 4) is 0 Å². The molecule has 3 nitrogen and oxygen atoms in total. The maximum Gasteiger partial charge on any atom is 0.268 e. The highest BCUT2D eigenvalue weighted by atomic mass is 127. The molecular formula is C9H6BrIN2OS. The molecule has 0 aliphatic carbocycles. The fourth-order valence-corrected chi connectivity index (χ4v) is 2.95. The van der Waals surface area contributed by atoms with Crippen molar-refractivity contribution in [3.05, 3.63) is 47.0 Å². The quantitative estimate of drug-likeness (QED) is 0.731. The van der Waals surface area contributed by atoms with Gasteiger partial charge >= 0.3 is 0 Å². The maximum absolute atomic E-state index is 11.6. The minimum Gasteiger partial charge on any atom is -0.268 e. The Balaban J connectivity index is 2.33. The van der Waals surface area contributed by atoms with Gasteiger partial charge in [-0.1, -0.05) is 0 Å². The molecule has 2 heterocycles. The van der Waals surface area contributed by atoms with Crippen LogP contribution >= 0.6 is 49.9 Å². The molecule has 0 unspecified atom stereocenters. The minimum atomic E-state index is -0.0674. The summed E-state index contributed by atoms with van der Waals surface area (Å²) in [5.74, 6) is 0. The van der Waals surface area contributed by atoms with E-state index in [9.17, 15) is 4.79 Å². The second-order valence-corrected chi connectivity index (χ2v) is 5.96. The van der Waals surface area contributed by atoms with Crippen molar-refractivity contribution in [3.63, 3.8) is 0 Å². The second-order valence-electron chi connectivity index (χ2n) is 2.86. The van der Waals surface area contributed by atoms with Gasteiger partial charge in [0.2, 0.25) is 0 Å². The zero-order valence-electron chi connectivity index (χ0n) is 7.48. The monoisotopic (exact) mass is 396 g/mol. The zero-order valence-corrected chi connectivity index (χ0v) is 12.0. The number of nitrogens with zero attached hydrogens (tertiary/aromatic N) is 2. The van der Waals surface area contributed by atoms with E-state index in [1.165, 1.54) is 4.68 Å². The van der Waals surface area contributed by atoms with E-state index in [4.69, 9.17) is 0 Å². The molecule has 0 aliphatic heterocycles. The van der Waals surface area contributed by atoms with Gasteiger partial charge in [0.25, 0.3) is 5.56 Å². The molecule has 6 heteroatoms. The van der Waals surface area contributed by atoms with Gasteiger partial charge in [-0.2, -0.15) is 5.10 Å². The van der Waals surface area contributed by atoms with Gasteiger partial charge in [0.05, 0.1) is 12.7 Å². The Labute approximate surface area is 112 Å². The molecule has 15 heavy (non-hydrogen) atoms. The first-order chi connectivity index (χ1) is 7.16. The summed E-state index contributed by atoms with van der Waals surface area (Å²) >= 11 is 7.11. The molecule has 2 aromatic heterocycles. The smallest absolute Gasteiger partial charge is 0.268 e. The standard InChI is InChI=1S/C9H6BrIN2OS/c10-7-1-2-15-8(7)5-13-9(14)3-6(11)4-12-13/h1-4H,5H2. The molecule has 0 fully saturated rings. The molecule has 0 aliphatic rings. The number of thiophene rings is 1. The van der Waals surface area contributed by atoms with E-state index >= 15 is 0 Å². The van der Waals surface area contributed by atoms with Crippen LogP contribution in [0.25, 0.3) is 0 Å². The third-order valence-electron chi connectivity index (χ3n) is 1.82. The van der Waals surface area contributed by atoms with Crippen molar-refractivity contribution in [2.75, 3.05) is 0 Å². The molecule has 0 saturated heterocycles. The van der Waals surface area contributed by atoms with Crippen LogP contribution in [0.2, 0.25) is 0 Å². The normalized spacial score (nSPS) is 10.5. The topological polar surface area (TPSA) is 34.9 Å². The molecule has 0 amide bonds. The molecule has 2 rings (SSSR count). The number of halogens is 2. The van der Waals surface area contributed by atoms with Gasteiger partial charge in [-0.3, -0.25) is 4.79 Å². The highest BCUT2D eigenvalue weighted by molar-refractivity contribution is 14.1. The van der Waals surface area contributed by atoms with Gasteiger partial charge in [0.15, 0.2) is 0 Å². The van der Waals surface area contributed by atoms with E-state index in [2.05, 4.69) is 43.6 Å². The summed E-state index contributed by atoms with van der Waals surface area (Å²) in [6, 6.07) is 3.55. The van der Waals surface area contributed by atoms with E-state index in [0.717, 1.165) is 12.9 Å². The molecule has 0 spiro atoms. The highest BCUT2D eigenvalue weighted by Gasteiger charge is 2.04.